The number of nitrogens with one attached hydrogen (secondary N) is 2. The van der Waals surface area contributed by atoms with Gasteiger partial charge in [0.25, 0.3) is 0 Å². The first-order valence-corrected chi connectivity index (χ1v) is 11.3. The third-order valence-corrected chi connectivity index (χ3v) is 5.98. The number of rotatable bonds is 5. The molecule has 0 aromatic heterocycles. The van der Waals surface area contributed by atoms with Gasteiger partial charge in [-0.15, -0.1) is 0 Å². The Bertz CT molecular complexity index is 1160. The van der Waals surface area contributed by atoms with Crippen LogP contribution < -0.4 is 15.5 Å². The average Bonchev–Trinajstić information content (AvgIpc) is 2.79. The maximum Gasteiger partial charge on any atom is 0.324 e. The topological polar surface area (TPSA) is 64.7 Å². The summed E-state index contributed by atoms with van der Waals surface area (Å²) in [6, 6.07) is 21.0. The van der Waals surface area contributed by atoms with Crippen molar-refractivity contribution in [2.24, 2.45) is 0 Å². The van der Waals surface area contributed by atoms with Gasteiger partial charge in [-0.25, -0.2) is 9.59 Å². The Kier molecular flexibility index (Phi) is 6.63. The molecule has 1 fully saturated rings. The van der Waals surface area contributed by atoms with E-state index < -0.39 is 0 Å². The van der Waals surface area contributed by atoms with Crippen molar-refractivity contribution in [1.29, 1.82) is 0 Å². The molecule has 0 aliphatic carbocycles. The summed E-state index contributed by atoms with van der Waals surface area (Å²) in [5.41, 5.74) is 6.89. The number of benzene rings is 3. The summed E-state index contributed by atoms with van der Waals surface area (Å²) in [5, 5.41) is 5.69. The highest BCUT2D eigenvalue weighted by Crippen LogP contribution is 2.25. The Morgan fingerprint density at radius 2 is 1.61 bits per heavy atom. The molecule has 1 heterocycles. The summed E-state index contributed by atoms with van der Waals surface area (Å²) in [5.74, 6) is 0. The predicted octanol–water partition coefficient (Wildman–Crippen LogP) is 6.09. The molecular formula is C27H30N4O2. The number of amides is 4. The van der Waals surface area contributed by atoms with Crippen molar-refractivity contribution < 1.29 is 9.59 Å². The van der Waals surface area contributed by atoms with E-state index in [1.807, 2.05) is 60.4 Å². The maximum absolute atomic E-state index is 13.2. The van der Waals surface area contributed by atoms with E-state index in [9.17, 15) is 9.59 Å². The zero-order valence-electron chi connectivity index (χ0n) is 19.4. The first-order valence-electron chi connectivity index (χ1n) is 11.3. The summed E-state index contributed by atoms with van der Waals surface area (Å²) in [4.78, 5) is 29.3. The number of carbonyl (C=O) groups is 2. The van der Waals surface area contributed by atoms with Crippen LogP contribution in [0, 0.1) is 20.8 Å². The molecule has 0 radical (unpaired) electrons. The van der Waals surface area contributed by atoms with Crippen molar-refractivity contribution in [3.8, 4) is 0 Å². The monoisotopic (exact) mass is 442 g/mol. The van der Waals surface area contributed by atoms with Gasteiger partial charge in [0.2, 0.25) is 0 Å². The molecule has 170 valence electrons. The number of nitrogens with zero attached hydrogens (tertiary/aromatic N) is 2. The molecular weight excluding hydrogens is 412 g/mol. The van der Waals surface area contributed by atoms with E-state index in [2.05, 4.69) is 42.7 Å². The molecule has 4 rings (SSSR count). The molecule has 0 spiro atoms. The van der Waals surface area contributed by atoms with E-state index in [1.165, 1.54) is 11.1 Å². The van der Waals surface area contributed by atoms with Crippen molar-refractivity contribution in [3.63, 3.8) is 0 Å². The third-order valence-electron chi connectivity index (χ3n) is 5.98. The highest BCUT2D eigenvalue weighted by molar-refractivity contribution is 6.00. The third kappa shape index (κ3) is 5.52. The van der Waals surface area contributed by atoms with Gasteiger partial charge in [0.1, 0.15) is 0 Å². The van der Waals surface area contributed by atoms with Crippen LogP contribution in [0.2, 0.25) is 0 Å². The summed E-state index contributed by atoms with van der Waals surface area (Å²) in [6.45, 7) is 8.17. The Labute approximate surface area is 195 Å². The number of hydrogen-bond acceptors (Lipinski definition) is 2. The second-order valence-electron chi connectivity index (χ2n) is 8.62. The van der Waals surface area contributed by atoms with E-state index in [0.29, 0.717) is 18.8 Å². The number of anilines is 3. The van der Waals surface area contributed by atoms with Crippen LogP contribution in [-0.4, -0.2) is 30.1 Å². The van der Waals surface area contributed by atoms with Crippen LogP contribution in [0.1, 0.15) is 28.7 Å². The van der Waals surface area contributed by atoms with Crippen molar-refractivity contribution in [1.82, 2.24) is 4.90 Å². The highest BCUT2D eigenvalue weighted by atomic mass is 16.2. The predicted molar refractivity (Wildman–Crippen MR) is 134 cm³/mol. The van der Waals surface area contributed by atoms with Crippen molar-refractivity contribution in [2.75, 3.05) is 28.6 Å². The lowest BCUT2D eigenvalue weighted by atomic mass is 10.1. The molecule has 33 heavy (non-hydrogen) atoms. The lowest BCUT2D eigenvalue weighted by Gasteiger charge is -2.36. The van der Waals surface area contributed by atoms with E-state index in [1.54, 1.807) is 4.90 Å². The van der Waals surface area contributed by atoms with Crippen LogP contribution in [0.3, 0.4) is 0 Å². The van der Waals surface area contributed by atoms with Gasteiger partial charge >= 0.3 is 12.1 Å². The molecule has 0 bridgehead atoms. The quantitative estimate of drug-likeness (QED) is 0.502. The van der Waals surface area contributed by atoms with Gasteiger partial charge < -0.3 is 15.5 Å². The zero-order valence-corrected chi connectivity index (χ0v) is 19.4. The number of aryl methyl sites for hydroxylation is 3. The van der Waals surface area contributed by atoms with Gasteiger partial charge in [-0.3, -0.25) is 4.90 Å². The Balaban J connectivity index is 1.43. The molecule has 0 unspecified atom stereocenters. The van der Waals surface area contributed by atoms with Crippen LogP contribution in [0.25, 0.3) is 0 Å². The summed E-state index contributed by atoms with van der Waals surface area (Å²) >= 11 is 0. The van der Waals surface area contributed by atoms with Gasteiger partial charge in [-0.2, -0.15) is 0 Å². The lowest BCUT2D eigenvalue weighted by molar-refractivity contribution is 0.192. The van der Waals surface area contributed by atoms with Crippen LogP contribution >= 0.6 is 0 Å². The second-order valence-corrected chi connectivity index (χ2v) is 8.62. The van der Waals surface area contributed by atoms with Crippen molar-refractivity contribution >= 4 is 29.1 Å². The first kappa shape index (κ1) is 22.4. The first-order chi connectivity index (χ1) is 15.9. The van der Waals surface area contributed by atoms with Crippen LogP contribution in [0.5, 0.6) is 0 Å². The smallest absolute Gasteiger partial charge is 0.320 e. The summed E-state index contributed by atoms with van der Waals surface area (Å²) in [7, 11) is 0. The molecule has 0 saturated carbocycles. The Morgan fingerprint density at radius 1 is 0.848 bits per heavy atom. The molecule has 3 aromatic rings. The van der Waals surface area contributed by atoms with Gasteiger partial charge in [0.05, 0.1) is 0 Å². The van der Waals surface area contributed by atoms with Crippen molar-refractivity contribution in [2.45, 2.75) is 33.7 Å². The van der Waals surface area contributed by atoms with E-state index in [4.69, 9.17) is 0 Å². The van der Waals surface area contributed by atoms with Gasteiger partial charge in [-0.05, 0) is 74.2 Å². The molecule has 2 N–H and O–H groups in total. The molecule has 4 amide bonds. The molecule has 1 aliphatic rings. The zero-order chi connectivity index (χ0) is 23.4. The molecule has 1 saturated heterocycles. The number of hydrogen-bond donors (Lipinski definition) is 2. The lowest BCUT2D eigenvalue weighted by Crippen LogP contribution is -2.49. The molecule has 6 heteroatoms. The average molecular weight is 443 g/mol. The van der Waals surface area contributed by atoms with Crippen LogP contribution in [0.15, 0.2) is 66.7 Å². The van der Waals surface area contributed by atoms with Gasteiger partial charge in [-0.1, -0.05) is 42.0 Å². The largest absolute Gasteiger partial charge is 0.324 e. The minimum Gasteiger partial charge on any atom is -0.320 e. The van der Waals surface area contributed by atoms with E-state index in [0.717, 1.165) is 35.5 Å². The standard InChI is InChI=1S/C27H30N4O2/c1-19-8-12-23(13-9-19)28-26(32)29-24-6-4-7-25(17-24)31-15-5-14-30(27(31)33)18-22-11-10-20(2)21(3)16-22/h4,6-13,16-17H,5,14-15,18H2,1-3H3,(H2,28,29,32). The van der Waals surface area contributed by atoms with Crippen LogP contribution in [-0.2, 0) is 6.54 Å². The second kappa shape index (κ2) is 9.77. The van der Waals surface area contributed by atoms with E-state index >= 15 is 0 Å². The fourth-order valence-corrected chi connectivity index (χ4v) is 3.97. The van der Waals surface area contributed by atoms with Crippen molar-refractivity contribution in [3.05, 3.63) is 89.0 Å². The minimum absolute atomic E-state index is 0.0132. The fraction of sp³-hybridized carbons (Fsp3) is 0.259. The fourth-order valence-electron chi connectivity index (χ4n) is 3.97. The van der Waals surface area contributed by atoms with Crippen LogP contribution in [0.4, 0.5) is 26.7 Å². The molecule has 6 nitrogen and oxygen atoms in total. The highest BCUT2D eigenvalue weighted by Gasteiger charge is 2.27. The summed E-state index contributed by atoms with van der Waals surface area (Å²) in [6.07, 6.45) is 0.891. The number of carbonyl (C=O) groups excluding carboxylic acids is 2. The van der Waals surface area contributed by atoms with Gasteiger partial charge in [0, 0.05) is 36.7 Å². The van der Waals surface area contributed by atoms with Gasteiger partial charge in [0.15, 0.2) is 0 Å². The SMILES string of the molecule is Cc1ccc(NC(=O)Nc2cccc(N3CCCN(Cc4ccc(C)c(C)c4)C3=O)c2)cc1. The molecule has 3 aromatic carbocycles. The molecule has 1 aliphatic heterocycles. The minimum atomic E-state index is -0.322. The Morgan fingerprint density at radius 3 is 2.36 bits per heavy atom. The van der Waals surface area contributed by atoms with E-state index in [-0.39, 0.29) is 12.1 Å². The Hall–Kier alpha value is -3.80. The molecule has 0 atom stereocenters. The maximum atomic E-state index is 13.2. The summed E-state index contributed by atoms with van der Waals surface area (Å²) < 4.78 is 0. The number of urea groups is 2. The normalized spacial score (nSPS) is 13.7.